The summed E-state index contributed by atoms with van der Waals surface area (Å²) >= 11 is 9.30. The van der Waals surface area contributed by atoms with Crippen LogP contribution in [0.25, 0.3) is 5.69 Å². The van der Waals surface area contributed by atoms with E-state index in [1.54, 1.807) is 23.3 Å². The second-order valence-electron chi connectivity index (χ2n) is 3.85. The van der Waals surface area contributed by atoms with Gasteiger partial charge in [0.15, 0.2) is 0 Å². The molecule has 0 bridgehead atoms. The van der Waals surface area contributed by atoms with Crippen molar-refractivity contribution in [2.45, 2.75) is 0 Å². The predicted molar refractivity (Wildman–Crippen MR) is 78.4 cm³/mol. The van der Waals surface area contributed by atoms with E-state index in [0.717, 1.165) is 10.2 Å². The number of hydrogen-bond donors (Lipinski definition) is 0. The van der Waals surface area contributed by atoms with Crippen LogP contribution in [0.3, 0.4) is 0 Å². The normalized spacial score (nSPS) is 10.5. The highest BCUT2D eigenvalue weighted by atomic mass is 79.9. The average Bonchev–Trinajstić information content (AvgIpc) is 2.92. The van der Waals surface area contributed by atoms with E-state index in [1.165, 1.54) is 0 Å². The molecule has 2 heterocycles. The molecule has 0 aliphatic carbocycles. The number of pyridine rings is 1. The number of halogens is 2. The predicted octanol–water partition coefficient (Wildman–Crippen LogP) is 3.87. The molecule has 3 rings (SSSR count). The lowest BCUT2D eigenvalue weighted by atomic mass is 10.3. The Balaban J connectivity index is 1.84. The van der Waals surface area contributed by atoms with Crippen molar-refractivity contribution in [1.29, 1.82) is 0 Å². The van der Waals surface area contributed by atoms with E-state index in [0.29, 0.717) is 5.02 Å². The molecule has 0 aliphatic heterocycles. The molecule has 0 unspecified atom stereocenters. The zero-order valence-electron chi connectivity index (χ0n) is 10.1. The minimum atomic E-state index is 0.186. The van der Waals surface area contributed by atoms with Crippen LogP contribution in [0.5, 0.6) is 11.9 Å². The number of nitrogens with zero attached hydrogens (tertiary/aromatic N) is 4. The summed E-state index contributed by atoms with van der Waals surface area (Å²) in [6, 6.07) is 11.5. The van der Waals surface area contributed by atoms with Crippen LogP contribution >= 0.6 is 27.5 Å². The Labute approximate surface area is 128 Å². The Morgan fingerprint density at radius 2 is 1.95 bits per heavy atom. The number of aromatic nitrogens is 4. The molecule has 0 aliphatic rings. The van der Waals surface area contributed by atoms with E-state index in [9.17, 15) is 0 Å². The average molecular weight is 352 g/mol. The van der Waals surface area contributed by atoms with Crippen LogP contribution in [0.15, 0.2) is 53.4 Å². The van der Waals surface area contributed by atoms with Crippen molar-refractivity contribution in [3.8, 4) is 17.6 Å². The third-order valence-corrected chi connectivity index (χ3v) is 3.16. The van der Waals surface area contributed by atoms with Crippen molar-refractivity contribution in [1.82, 2.24) is 19.7 Å². The second kappa shape index (κ2) is 5.60. The maximum Gasteiger partial charge on any atom is 0.342 e. The number of hydrogen-bond acceptors (Lipinski definition) is 4. The number of benzene rings is 1. The van der Waals surface area contributed by atoms with Crippen molar-refractivity contribution in [3.05, 3.63) is 58.4 Å². The van der Waals surface area contributed by atoms with Gasteiger partial charge in [0.2, 0.25) is 5.88 Å². The Morgan fingerprint density at radius 3 is 2.70 bits per heavy atom. The van der Waals surface area contributed by atoms with Gasteiger partial charge in [-0.25, -0.2) is 9.67 Å². The molecule has 0 N–H and O–H groups in total. The molecule has 3 aromatic rings. The Bertz CT molecular complexity index is 732. The second-order valence-corrected chi connectivity index (χ2v) is 5.17. The molecular formula is C13H8BrClN4O. The van der Waals surface area contributed by atoms with Gasteiger partial charge in [0, 0.05) is 10.7 Å². The van der Waals surface area contributed by atoms with Crippen molar-refractivity contribution < 1.29 is 4.74 Å². The molecular weight excluding hydrogens is 344 g/mol. The third kappa shape index (κ3) is 2.81. The smallest absolute Gasteiger partial charge is 0.342 e. The molecule has 0 radical (unpaired) electrons. The van der Waals surface area contributed by atoms with Gasteiger partial charge in [-0.2, -0.15) is 4.98 Å². The van der Waals surface area contributed by atoms with Gasteiger partial charge in [-0.15, -0.1) is 5.10 Å². The maximum atomic E-state index is 6.02. The highest BCUT2D eigenvalue weighted by Gasteiger charge is 2.09. The van der Waals surface area contributed by atoms with Crippen LogP contribution in [0.4, 0.5) is 0 Å². The topological polar surface area (TPSA) is 52.8 Å². The van der Waals surface area contributed by atoms with Gasteiger partial charge in [-0.3, -0.25) is 0 Å². The van der Waals surface area contributed by atoms with Crippen LogP contribution in [-0.2, 0) is 0 Å². The van der Waals surface area contributed by atoms with Gasteiger partial charge >= 0.3 is 6.01 Å². The van der Waals surface area contributed by atoms with Crippen LogP contribution in [-0.4, -0.2) is 19.7 Å². The highest BCUT2D eigenvalue weighted by molar-refractivity contribution is 9.10. The maximum absolute atomic E-state index is 6.02. The molecule has 0 amide bonds. The summed E-state index contributed by atoms with van der Waals surface area (Å²) < 4.78 is 7.85. The third-order valence-electron chi connectivity index (χ3n) is 2.45. The zero-order valence-corrected chi connectivity index (χ0v) is 12.4. The molecule has 100 valence electrons. The minimum Gasteiger partial charge on any atom is -0.402 e. The first-order chi connectivity index (χ1) is 9.72. The summed E-state index contributed by atoms with van der Waals surface area (Å²) in [5, 5.41) is 4.60. The van der Waals surface area contributed by atoms with Gasteiger partial charge in [-0.1, -0.05) is 29.8 Å². The monoisotopic (exact) mass is 350 g/mol. The number of rotatable bonds is 3. The molecule has 7 heteroatoms. The quantitative estimate of drug-likeness (QED) is 0.719. The van der Waals surface area contributed by atoms with Gasteiger partial charge in [-0.05, 0) is 34.1 Å². The molecule has 20 heavy (non-hydrogen) atoms. The van der Waals surface area contributed by atoms with Crippen molar-refractivity contribution in [2.24, 2.45) is 0 Å². The molecule has 0 atom stereocenters. The summed E-state index contributed by atoms with van der Waals surface area (Å²) in [6.45, 7) is 0. The van der Waals surface area contributed by atoms with Crippen LogP contribution in [0, 0.1) is 0 Å². The van der Waals surface area contributed by atoms with E-state index in [1.807, 2.05) is 30.3 Å². The van der Waals surface area contributed by atoms with Gasteiger partial charge in [0.05, 0.1) is 5.69 Å². The van der Waals surface area contributed by atoms with Gasteiger partial charge in [0.1, 0.15) is 11.3 Å². The summed E-state index contributed by atoms with van der Waals surface area (Å²) in [6.07, 6.45) is 3.16. The summed E-state index contributed by atoms with van der Waals surface area (Å²) in [5.41, 5.74) is 0.893. The Kier molecular flexibility index (Phi) is 3.66. The van der Waals surface area contributed by atoms with Crippen molar-refractivity contribution >= 4 is 27.5 Å². The fraction of sp³-hybridized carbons (Fsp3) is 0. The number of para-hydroxylation sites is 1. The summed E-state index contributed by atoms with van der Waals surface area (Å²) in [7, 11) is 0. The van der Waals surface area contributed by atoms with E-state index in [-0.39, 0.29) is 11.9 Å². The molecule has 2 aromatic heterocycles. The molecule has 5 nitrogen and oxygen atoms in total. The van der Waals surface area contributed by atoms with Crippen LogP contribution in [0.2, 0.25) is 5.02 Å². The van der Waals surface area contributed by atoms with E-state index in [2.05, 4.69) is 31.0 Å². The molecule has 0 saturated carbocycles. The van der Waals surface area contributed by atoms with Gasteiger partial charge in [0.25, 0.3) is 0 Å². The van der Waals surface area contributed by atoms with Crippen LogP contribution in [0.1, 0.15) is 0 Å². The largest absolute Gasteiger partial charge is 0.402 e. The molecule has 0 saturated heterocycles. The molecule has 1 aromatic carbocycles. The first kappa shape index (κ1) is 13.1. The first-order valence-electron chi connectivity index (χ1n) is 5.68. The molecule has 0 spiro atoms. The lowest BCUT2D eigenvalue weighted by Crippen LogP contribution is -1.95. The lowest BCUT2D eigenvalue weighted by Gasteiger charge is -2.02. The highest BCUT2D eigenvalue weighted by Crippen LogP contribution is 2.27. The fourth-order valence-corrected chi connectivity index (χ4v) is 2.23. The van der Waals surface area contributed by atoms with E-state index < -0.39 is 0 Å². The minimum absolute atomic E-state index is 0.186. The van der Waals surface area contributed by atoms with E-state index in [4.69, 9.17) is 16.3 Å². The zero-order chi connectivity index (χ0) is 13.9. The number of ether oxygens (including phenoxy) is 1. The Hall–Kier alpha value is -1.92. The first-order valence-corrected chi connectivity index (χ1v) is 6.85. The van der Waals surface area contributed by atoms with Crippen LogP contribution < -0.4 is 4.74 Å². The van der Waals surface area contributed by atoms with Gasteiger partial charge < -0.3 is 4.74 Å². The fourth-order valence-electron chi connectivity index (χ4n) is 1.56. The standard InChI is InChI=1S/C13H8BrClN4O/c14-9-6-11(15)12(16-7-9)20-13-17-8-19(18-13)10-4-2-1-3-5-10/h1-8H. The van der Waals surface area contributed by atoms with Crippen molar-refractivity contribution in [3.63, 3.8) is 0 Å². The summed E-state index contributed by atoms with van der Waals surface area (Å²) in [5.74, 6) is 0.265. The SMILES string of the molecule is Clc1cc(Br)cnc1Oc1ncn(-c2ccccc2)n1. The molecule has 0 fully saturated rings. The summed E-state index contributed by atoms with van der Waals surface area (Å²) in [4.78, 5) is 8.14. The van der Waals surface area contributed by atoms with E-state index >= 15 is 0 Å². The lowest BCUT2D eigenvalue weighted by molar-refractivity contribution is 0.425. The Morgan fingerprint density at radius 1 is 1.15 bits per heavy atom. The van der Waals surface area contributed by atoms with Crippen molar-refractivity contribution in [2.75, 3.05) is 0 Å².